The molecule has 3 aromatic rings. The molecule has 0 saturated carbocycles. The quantitative estimate of drug-likeness (QED) is 0.758. The summed E-state index contributed by atoms with van der Waals surface area (Å²) in [6.07, 6.45) is 5.42. The van der Waals surface area contributed by atoms with Crippen LogP contribution in [0.25, 0.3) is 10.9 Å². The maximum absolute atomic E-state index is 12.9. The van der Waals surface area contributed by atoms with Crippen molar-refractivity contribution in [3.63, 3.8) is 0 Å². The Labute approximate surface area is 163 Å². The molecule has 0 unspecified atom stereocenters. The first-order valence-electron chi connectivity index (χ1n) is 9.73. The molecule has 144 valence electrons. The molecule has 2 saturated heterocycles. The Morgan fingerprint density at radius 2 is 2.11 bits per heavy atom. The number of fused-ring (bicyclic) bond motifs is 1. The van der Waals surface area contributed by atoms with Gasteiger partial charge in [0.05, 0.1) is 37.1 Å². The van der Waals surface area contributed by atoms with E-state index < -0.39 is 0 Å². The van der Waals surface area contributed by atoms with Gasteiger partial charge in [-0.1, -0.05) is 24.3 Å². The second kappa shape index (κ2) is 7.04. The fourth-order valence-corrected chi connectivity index (χ4v) is 4.24. The number of benzene rings is 1. The Morgan fingerprint density at radius 3 is 2.96 bits per heavy atom. The molecular weight excluding hydrogens is 354 g/mol. The van der Waals surface area contributed by atoms with E-state index in [-0.39, 0.29) is 17.6 Å². The summed E-state index contributed by atoms with van der Waals surface area (Å²) < 4.78 is 12.1. The van der Waals surface area contributed by atoms with Crippen molar-refractivity contribution in [3.05, 3.63) is 66.1 Å². The fourth-order valence-electron chi connectivity index (χ4n) is 4.24. The Balaban J connectivity index is 1.21. The van der Waals surface area contributed by atoms with Crippen molar-refractivity contribution in [2.24, 2.45) is 0 Å². The van der Waals surface area contributed by atoms with E-state index in [9.17, 15) is 4.79 Å². The van der Waals surface area contributed by atoms with Gasteiger partial charge in [-0.3, -0.25) is 9.78 Å². The summed E-state index contributed by atoms with van der Waals surface area (Å²) in [6, 6.07) is 13.7. The van der Waals surface area contributed by atoms with E-state index in [1.165, 1.54) is 0 Å². The van der Waals surface area contributed by atoms with E-state index in [0.717, 1.165) is 35.0 Å². The highest BCUT2D eigenvalue weighted by atomic mass is 16.5. The highest BCUT2D eigenvalue weighted by molar-refractivity contribution is 6.07. The first-order chi connectivity index (χ1) is 13.7. The van der Waals surface area contributed by atoms with Crippen LogP contribution < -0.4 is 0 Å². The number of carbonyl (C=O) groups is 1. The number of aromatic nitrogens is 2. The third-order valence-electron chi connectivity index (χ3n) is 5.71. The van der Waals surface area contributed by atoms with Crippen LogP contribution in [0.15, 0.2) is 54.9 Å². The van der Waals surface area contributed by atoms with Crippen LogP contribution in [0.5, 0.6) is 0 Å². The lowest BCUT2D eigenvalue weighted by Crippen LogP contribution is -2.67. The molecule has 28 heavy (non-hydrogen) atoms. The maximum Gasteiger partial charge on any atom is 0.256 e. The van der Waals surface area contributed by atoms with E-state index >= 15 is 0 Å². The third kappa shape index (κ3) is 3.19. The molecule has 1 aromatic carbocycles. The first-order valence-corrected chi connectivity index (χ1v) is 9.73. The summed E-state index contributed by atoms with van der Waals surface area (Å²) >= 11 is 0. The summed E-state index contributed by atoms with van der Waals surface area (Å²) in [6.45, 7) is 2.42. The van der Waals surface area contributed by atoms with Crippen molar-refractivity contribution in [1.29, 1.82) is 0 Å². The molecule has 2 fully saturated rings. The molecule has 5 rings (SSSR count). The maximum atomic E-state index is 12.9. The van der Waals surface area contributed by atoms with Crippen LogP contribution >= 0.6 is 0 Å². The molecule has 6 nitrogen and oxygen atoms in total. The fraction of sp³-hybridized carbons (Fsp3) is 0.364. The van der Waals surface area contributed by atoms with Crippen molar-refractivity contribution in [2.75, 3.05) is 19.7 Å². The van der Waals surface area contributed by atoms with E-state index in [1.54, 1.807) is 12.4 Å². The number of hydrogen-bond donors (Lipinski definition) is 1. The van der Waals surface area contributed by atoms with Gasteiger partial charge >= 0.3 is 0 Å². The van der Waals surface area contributed by atoms with Gasteiger partial charge in [0.25, 0.3) is 5.91 Å². The molecule has 1 amide bonds. The van der Waals surface area contributed by atoms with Crippen LogP contribution in [0, 0.1) is 0 Å². The lowest BCUT2D eigenvalue weighted by Gasteiger charge is -2.53. The van der Waals surface area contributed by atoms with E-state index in [4.69, 9.17) is 9.47 Å². The van der Waals surface area contributed by atoms with Gasteiger partial charge in [0.2, 0.25) is 0 Å². The number of nitrogens with zero attached hydrogens (tertiary/aromatic N) is 2. The number of nitrogens with one attached hydrogen (secondary N) is 1. The first kappa shape index (κ1) is 17.4. The lowest BCUT2D eigenvalue weighted by molar-refractivity contribution is -0.188. The summed E-state index contributed by atoms with van der Waals surface area (Å²) in [5, 5.41) is 0.967. The monoisotopic (exact) mass is 377 g/mol. The lowest BCUT2D eigenvalue weighted by atomic mass is 9.84. The standard InChI is InChI=1S/C22H23N3O3/c26-21(19-12-24-20-7-2-1-6-18(19)20)25-14-22(15-25)11-17(8-10-28-22)27-13-16-5-3-4-9-23-16/h1-7,9,12,17,24H,8,10-11,13-15H2/t17-/m1/s1. The second-order valence-corrected chi connectivity index (χ2v) is 7.69. The highest BCUT2D eigenvalue weighted by Gasteiger charge is 2.49. The second-order valence-electron chi connectivity index (χ2n) is 7.69. The molecule has 2 aliphatic rings. The zero-order valence-electron chi connectivity index (χ0n) is 15.6. The van der Waals surface area contributed by atoms with Crippen molar-refractivity contribution < 1.29 is 14.3 Å². The molecule has 2 aromatic heterocycles. The van der Waals surface area contributed by atoms with Crippen molar-refractivity contribution >= 4 is 16.8 Å². The van der Waals surface area contributed by atoms with Gasteiger partial charge in [0, 0.05) is 36.3 Å². The minimum Gasteiger partial charge on any atom is -0.372 e. The Morgan fingerprint density at radius 1 is 1.25 bits per heavy atom. The number of pyridine rings is 1. The van der Waals surface area contributed by atoms with Gasteiger partial charge in [0.15, 0.2) is 0 Å². The molecule has 1 N–H and O–H groups in total. The van der Waals surface area contributed by atoms with Crippen LogP contribution in [0.3, 0.4) is 0 Å². The van der Waals surface area contributed by atoms with Gasteiger partial charge < -0.3 is 19.4 Å². The van der Waals surface area contributed by atoms with Crippen molar-refractivity contribution in [2.45, 2.75) is 31.2 Å². The Kier molecular flexibility index (Phi) is 4.37. The number of carbonyl (C=O) groups excluding carboxylic acids is 1. The zero-order valence-corrected chi connectivity index (χ0v) is 15.6. The number of para-hydroxylation sites is 1. The summed E-state index contributed by atoms with van der Waals surface area (Å²) in [5.74, 6) is 0.0585. The minimum atomic E-state index is -0.269. The average Bonchev–Trinajstić information content (AvgIpc) is 3.15. The number of hydrogen-bond acceptors (Lipinski definition) is 4. The van der Waals surface area contributed by atoms with Crippen molar-refractivity contribution in [3.8, 4) is 0 Å². The topological polar surface area (TPSA) is 67.5 Å². The molecular formula is C22H23N3O3. The number of likely N-dealkylation sites (tertiary alicyclic amines) is 1. The molecule has 2 aliphatic heterocycles. The number of H-pyrrole nitrogens is 1. The average molecular weight is 377 g/mol. The normalized spacial score (nSPS) is 21.0. The summed E-state index contributed by atoms with van der Waals surface area (Å²) in [7, 11) is 0. The highest BCUT2D eigenvalue weighted by Crippen LogP contribution is 2.36. The SMILES string of the molecule is O=C(c1c[nH]c2ccccc12)N1CC2(C[C@H](OCc3ccccn3)CCO2)C1. The van der Waals surface area contributed by atoms with Gasteiger partial charge in [0.1, 0.15) is 5.60 Å². The minimum absolute atomic E-state index is 0.0585. The van der Waals surface area contributed by atoms with E-state index in [1.807, 2.05) is 47.4 Å². The smallest absolute Gasteiger partial charge is 0.256 e. The molecule has 0 aliphatic carbocycles. The Hall–Kier alpha value is -2.70. The summed E-state index contributed by atoms with van der Waals surface area (Å²) in [5.41, 5.74) is 2.38. The van der Waals surface area contributed by atoms with Crippen LogP contribution in [-0.2, 0) is 16.1 Å². The third-order valence-corrected chi connectivity index (χ3v) is 5.71. The number of aromatic amines is 1. The van der Waals surface area contributed by atoms with E-state index in [2.05, 4.69) is 9.97 Å². The molecule has 0 bridgehead atoms. The largest absolute Gasteiger partial charge is 0.372 e. The summed E-state index contributed by atoms with van der Waals surface area (Å²) in [4.78, 5) is 22.3. The van der Waals surface area contributed by atoms with Crippen molar-refractivity contribution in [1.82, 2.24) is 14.9 Å². The molecule has 0 radical (unpaired) electrons. The van der Waals surface area contributed by atoms with Gasteiger partial charge in [-0.2, -0.15) is 0 Å². The predicted molar refractivity (Wildman–Crippen MR) is 105 cm³/mol. The Bertz CT molecular complexity index is 979. The van der Waals surface area contributed by atoms with Crippen LogP contribution in [0.4, 0.5) is 0 Å². The molecule has 1 atom stereocenters. The number of amides is 1. The van der Waals surface area contributed by atoms with Gasteiger partial charge in [-0.05, 0) is 24.6 Å². The van der Waals surface area contributed by atoms with E-state index in [0.29, 0.717) is 26.3 Å². The van der Waals surface area contributed by atoms with Crippen LogP contribution in [0.1, 0.15) is 28.9 Å². The molecule has 1 spiro atoms. The number of rotatable bonds is 4. The zero-order chi connectivity index (χ0) is 19.0. The number of ether oxygens (including phenoxy) is 2. The predicted octanol–water partition coefficient (Wildman–Crippen LogP) is 3.15. The molecule has 4 heterocycles. The van der Waals surface area contributed by atoms with Crippen LogP contribution in [-0.4, -0.2) is 52.2 Å². The van der Waals surface area contributed by atoms with Gasteiger partial charge in [-0.25, -0.2) is 0 Å². The van der Waals surface area contributed by atoms with Gasteiger partial charge in [-0.15, -0.1) is 0 Å². The van der Waals surface area contributed by atoms with Crippen LogP contribution in [0.2, 0.25) is 0 Å². The molecule has 6 heteroatoms.